The molecule has 0 atom stereocenters. The number of benzene rings is 1. The summed E-state index contributed by atoms with van der Waals surface area (Å²) >= 11 is 12.1. The molecule has 1 saturated heterocycles. The number of nitrogens with zero attached hydrogens (tertiary/aromatic N) is 4. The number of hydrogen-bond acceptors (Lipinski definition) is 5. The summed E-state index contributed by atoms with van der Waals surface area (Å²) in [6.07, 6.45) is 5.69. The maximum Gasteiger partial charge on any atom is 0.249 e. The van der Waals surface area contributed by atoms with Gasteiger partial charge in [-0.15, -0.1) is 10.2 Å². The quantitative estimate of drug-likeness (QED) is 0.719. The molecule has 0 spiro atoms. The first-order valence-corrected chi connectivity index (χ1v) is 10.6. The minimum absolute atomic E-state index is 0.309. The third-order valence-electron chi connectivity index (χ3n) is 5.65. The van der Waals surface area contributed by atoms with E-state index in [1.807, 2.05) is 4.90 Å². The molecule has 1 saturated carbocycles. The van der Waals surface area contributed by atoms with Gasteiger partial charge in [-0.1, -0.05) is 36.0 Å². The van der Waals surface area contributed by atoms with E-state index in [0.717, 1.165) is 32.6 Å². The second-order valence-corrected chi connectivity index (χ2v) is 8.48. The number of halogens is 2. The highest BCUT2D eigenvalue weighted by atomic mass is 35.5. The molecule has 2 aliphatic rings. The number of carbonyl (C=O) groups excluding carboxylic acids is 1. The van der Waals surface area contributed by atoms with Crippen LogP contribution in [-0.4, -0.2) is 52.1 Å². The number of aromatic nitrogens is 2. The Morgan fingerprint density at radius 1 is 1.11 bits per heavy atom. The summed E-state index contributed by atoms with van der Waals surface area (Å²) in [5, 5.41) is 9.30. The zero-order chi connectivity index (χ0) is 19.5. The molecule has 4 rings (SSSR count). The average Bonchev–Trinajstić information content (AvgIpc) is 3.34. The fraction of sp³-hybridized carbons (Fsp3) is 0.550. The largest absolute Gasteiger partial charge is 0.419 e. The summed E-state index contributed by atoms with van der Waals surface area (Å²) in [6, 6.07) is 5.18. The molecule has 0 N–H and O–H groups in total. The molecule has 28 heavy (non-hydrogen) atoms. The van der Waals surface area contributed by atoms with E-state index < -0.39 is 0 Å². The average molecular weight is 423 g/mol. The highest BCUT2D eigenvalue weighted by Crippen LogP contribution is 2.30. The minimum atomic E-state index is 0.309. The lowest BCUT2D eigenvalue weighted by atomic mass is 10.0. The Hall–Kier alpha value is -1.63. The van der Waals surface area contributed by atoms with Crippen molar-refractivity contribution in [2.75, 3.05) is 26.2 Å². The van der Waals surface area contributed by atoms with Gasteiger partial charge in [0.05, 0.1) is 17.1 Å². The molecule has 150 valence electrons. The number of hydrogen-bond donors (Lipinski definition) is 0. The molecule has 2 aromatic rings. The first-order valence-electron chi connectivity index (χ1n) is 9.86. The lowest BCUT2D eigenvalue weighted by Crippen LogP contribution is -2.48. The molecule has 0 unspecified atom stereocenters. The molecule has 8 heteroatoms. The van der Waals surface area contributed by atoms with E-state index in [9.17, 15) is 4.79 Å². The molecule has 1 aliphatic carbocycles. The van der Waals surface area contributed by atoms with Crippen LogP contribution >= 0.6 is 23.2 Å². The van der Waals surface area contributed by atoms with Crippen molar-refractivity contribution in [2.45, 2.75) is 38.6 Å². The Morgan fingerprint density at radius 2 is 1.86 bits per heavy atom. The maximum atomic E-state index is 12.5. The van der Waals surface area contributed by atoms with Crippen LogP contribution in [0.4, 0.5) is 0 Å². The molecule has 2 fully saturated rings. The van der Waals surface area contributed by atoms with E-state index in [1.54, 1.807) is 18.2 Å². The Morgan fingerprint density at radius 3 is 2.57 bits per heavy atom. The first-order chi connectivity index (χ1) is 13.6. The highest BCUT2D eigenvalue weighted by molar-refractivity contribution is 6.36. The Balaban J connectivity index is 1.29. The van der Waals surface area contributed by atoms with Crippen molar-refractivity contribution >= 4 is 29.1 Å². The fourth-order valence-electron chi connectivity index (χ4n) is 4.03. The summed E-state index contributed by atoms with van der Waals surface area (Å²) in [6.45, 7) is 3.72. The van der Waals surface area contributed by atoms with Gasteiger partial charge < -0.3 is 9.32 Å². The van der Waals surface area contributed by atoms with Crippen LogP contribution in [0.1, 0.15) is 38.0 Å². The fourth-order valence-corrected chi connectivity index (χ4v) is 4.52. The Labute approximate surface area is 174 Å². The van der Waals surface area contributed by atoms with Crippen LogP contribution in [0.5, 0.6) is 0 Å². The monoisotopic (exact) mass is 422 g/mol. The van der Waals surface area contributed by atoms with Gasteiger partial charge in [-0.25, -0.2) is 0 Å². The van der Waals surface area contributed by atoms with Gasteiger partial charge >= 0.3 is 0 Å². The molecular formula is C20H24Cl2N4O2. The summed E-state index contributed by atoms with van der Waals surface area (Å²) in [4.78, 5) is 16.7. The number of amides is 1. The van der Waals surface area contributed by atoms with Crippen LogP contribution in [0.3, 0.4) is 0 Å². The summed E-state index contributed by atoms with van der Waals surface area (Å²) in [7, 11) is 0. The second-order valence-electron chi connectivity index (χ2n) is 7.64. The van der Waals surface area contributed by atoms with Gasteiger partial charge in [-0.2, -0.15) is 0 Å². The van der Waals surface area contributed by atoms with Crippen molar-refractivity contribution in [3.05, 3.63) is 34.1 Å². The first kappa shape index (κ1) is 19.7. The van der Waals surface area contributed by atoms with E-state index in [1.165, 1.54) is 25.7 Å². The second kappa shape index (κ2) is 8.80. The molecule has 1 aromatic heterocycles. The van der Waals surface area contributed by atoms with E-state index in [4.69, 9.17) is 27.6 Å². The smallest absolute Gasteiger partial charge is 0.249 e. The maximum absolute atomic E-state index is 12.5. The lowest BCUT2D eigenvalue weighted by Gasteiger charge is -2.34. The topological polar surface area (TPSA) is 62.5 Å². The van der Waals surface area contributed by atoms with Gasteiger partial charge in [-0.3, -0.25) is 9.69 Å². The van der Waals surface area contributed by atoms with Gasteiger partial charge in [0.15, 0.2) is 0 Å². The predicted molar refractivity (Wildman–Crippen MR) is 108 cm³/mol. The van der Waals surface area contributed by atoms with Crippen LogP contribution in [0.25, 0.3) is 11.5 Å². The van der Waals surface area contributed by atoms with Gasteiger partial charge in [0.2, 0.25) is 17.7 Å². The van der Waals surface area contributed by atoms with E-state index in [2.05, 4.69) is 15.1 Å². The van der Waals surface area contributed by atoms with Crippen LogP contribution in [0, 0.1) is 5.92 Å². The van der Waals surface area contributed by atoms with Crippen molar-refractivity contribution in [1.82, 2.24) is 20.0 Å². The molecule has 0 bridgehead atoms. The summed E-state index contributed by atoms with van der Waals surface area (Å²) in [5.74, 6) is 1.85. The van der Waals surface area contributed by atoms with Crippen molar-refractivity contribution in [3.8, 4) is 11.5 Å². The molecular weight excluding hydrogens is 399 g/mol. The highest BCUT2D eigenvalue weighted by Gasteiger charge is 2.26. The van der Waals surface area contributed by atoms with Crippen molar-refractivity contribution < 1.29 is 9.21 Å². The summed E-state index contributed by atoms with van der Waals surface area (Å²) in [5.41, 5.74) is 0.673. The third kappa shape index (κ3) is 4.67. The zero-order valence-electron chi connectivity index (χ0n) is 15.7. The minimum Gasteiger partial charge on any atom is -0.419 e. The van der Waals surface area contributed by atoms with Crippen LogP contribution in [0.15, 0.2) is 22.6 Å². The summed E-state index contributed by atoms with van der Waals surface area (Å²) < 4.78 is 5.78. The molecule has 0 radical (unpaired) electrons. The molecule has 1 aliphatic heterocycles. The lowest BCUT2D eigenvalue weighted by molar-refractivity contribution is -0.134. The third-order valence-corrected chi connectivity index (χ3v) is 6.20. The van der Waals surface area contributed by atoms with E-state index in [0.29, 0.717) is 45.8 Å². The zero-order valence-corrected chi connectivity index (χ0v) is 17.3. The predicted octanol–water partition coefficient (Wildman–Crippen LogP) is 4.27. The SMILES string of the molecule is O=C(CC1CCCC1)N1CCN(Cc2nnc(-c3ccc(Cl)cc3Cl)o2)CC1. The van der Waals surface area contributed by atoms with Crippen molar-refractivity contribution in [1.29, 1.82) is 0 Å². The standard InChI is InChI=1S/C20H24Cl2N4O2/c21-15-5-6-16(17(22)12-15)20-24-23-18(28-20)13-25-7-9-26(10-8-25)19(27)11-14-3-1-2-4-14/h5-6,12,14H,1-4,7-11,13H2. The molecule has 1 amide bonds. The number of rotatable bonds is 5. The number of piperazine rings is 1. The Bertz CT molecular complexity index is 827. The van der Waals surface area contributed by atoms with Crippen LogP contribution < -0.4 is 0 Å². The van der Waals surface area contributed by atoms with Gasteiger partial charge in [0.25, 0.3) is 0 Å². The normalized spacial score (nSPS) is 18.7. The number of carbonyl (C=O) groups is 1. The molecule has 1 aromatic carbocycles. The van der Waals surface area contributed by atoms with Crippen molar-refractivity contribution in [3.63, 3.8) is 0 Å². The van der Waals surface area contributed by atoms with Gasteiger partial charge in [0, 0.05) is 37.6 Å². The van der Waals surface area contributed by atoms with Gasteiger partial charge in [-0.05, 0) is 37.0 Å². The molecule has 6 nitrogen and oxygen atoms in total. The molecule has 2 heterocycles. The van der Waals surface area contributed by atoms with E-state index >= 15 is 0 Å². The van der Waals surface area contributed by atoms with Gasteiger partial charge in [0.1, 0.15) is 0 Å². The van der Waals surface area contributed by atoms with Crippen LogP contribution in [-0.2, 0) is 11.3 Å². The Kier molecular flexibility index (Phi) is 6.19. The van der Waals surface area contributed by atoms with Crippen LogP contribution in [0.2, 0.25) is 10.0 Å². The van der Waals surface area contributed by atoms with Crippen molar-refractivity contribution in [2.24, 2.45) is 5.92 Å². The van der Waals surface area contributed by atoms with E-state index in [-0.39, 0.29) is 0 Å².